The van der Waals surface area contributed by atoms with Gasteiger partial charge in [-0.15, -0.1) is 0 Å². The Morgan fingerprint density at radius 3 is 2.90 bits per heavy atom. The molecule has 0 aromatic heterocycles. The van der Waals surface area contributed by atoms with Crippen LogP contribution in [0.1, 0.15) is 12.8 Å². The minimum absolute atomic E-state index is 0.0830. The topological polar surface area (TPSA) is 81.4 Å². The minimum Gasteiger partial charge on any atom is -0.376 e. The molecule has 0 bridgehead atoms. The molecule has 0 radical (unpaired) electrons. The van der Waals surface area contributed by atoms with Gasteiger partial charge in [0.05, 0.1) is 22.1 Å². The van der Waals surface area contributed by atoms with Crippen LogP contribution in [0.25, 0.3) is 0 Å². The fourth-order valence-electron chi connectivity index (χ4n) is 2.98. The molecule has 8 heteroatoms. The predicted octanol–water partition coefficient (Wildman–Crippen LogP) is 1.26. The summed E-state index contributed by atoms with van der Waals surface area (Å²) in [5.41, 5.74) is 6.02. The van der Waals surface area contributed by atoms with Gasteiger partial charge < -0.3 is 10.5 Å². The number of nitrogens with two attached hydrogens (primary N) is 1. The Bertz CT molecular complexity index is 655. The molecule has 1 saturated heterocycles. The summed E-state index contributed by atoms with van der Waals surface area (Å²) < 4.78 is 45.9. The Morgan fingerprint density at radius 1 is 1.43 bits per heavy atom. The van der Waals surface area contributed by atoms with Gasteiger partial charge in [-0.3, -0.25) is 0 Å². The third kappa shape index (κ3) is 2.68. The van der Waals surface area contributed by atoms with Crippen LogP contribution in [0.2, 0.25) is 5.02 Å². The van der Waals surface area contributed by atoms with Crippen molar-refractivity contribution in [3.63, 3.8) is 0 Å². The van der Waals surface area contributed by atoms with Gasteiger partial charge in [-0.2, -0.15) is 0 Å². The second kappa shape index (κ2) is 5.48. The zero-order valence-electron chi connectivity index (χ0n) is 11.1. The van der Waals surface area contributed by atoms with Crippen molar-refractivity contribution in [2.24, 2.45) is 11.7 Å². The zero-order valence-corrected chi connectivity index (χ0v) is 12.7. The quantitative estimate of drug-likeness (QED) is 0.872. The van der Waals surface area contributed by atoms with E-state index >= 15 is 0 Å². The van der Waals surface area contributed by atoms with Gasteiger partial charge in [0.15, 0.2) is 0 Å². The van der Waals surface area contributed by atoms with Crippen LogP contribution < -0.4 is 10.5 Å². The summed E-state index contributed by atoms with van der Waals surface area (Å²) in [4.78, 5) is -0.0830. The first-order chi connectivity index (χ1) is 9.90. The van der Waals surface area contributed by atoms with E-state index in [1.807, 2.05) is 0 Å². The summed E-state index contributed by atoms with van der Waals surface area (Å²) in [6.07, 6.45) is 1.72. The molecule has 2 aliphatic rings. The van der Waals surface area contributed by atoms with Crippen molar-refractivity contribution < 1.29 is 17.5 Å². The molecule has 21 heavy (non-hydrogen) atoms. The molecule has 5 nitrogen and oxygen atoms in total. The Hall–Kier alpha value is -0.730. The lowest BCUT2D eigenvalue weighted by atomic mass is 9.69. The summed E-state index contributed by atoms with van der Waals surface area (Å²) in [6.45, 7) is 0.620. The second-order valence-corrected chi connectivity index (χ2v) is 7.56. The fraction of sp³-hybridized carbons (Fsp3) is 0.538. The lowest BCUT2D eigenvalue weighted by molar-refractivity contribution is -0.114. The molecule has 4 unspecified atom stereocenters. The molecule has 1 aliphatic carbocycles. The molecule has 1 aliphatic heterocycles. The predicted molar refractivity (Wildman–Crippen MR) is 76.0 cm³/mol. The van der Waals surface area contributed by atoms with E-state index in [9.17, 15) is 12.8 Å². The van der Waals surface area contributed by atoms with Gasteiger partial charge in [0, 0.05) is 18.6 Å². The van der Waals surface area contributed by atoms with E-state index in [2.05, 4.69) is 4.72 Å². The maximum atomic E-state index is 13.1. The number of rotatable bonds is 3. The van der Waals surface area contributed by atoms with Gasteiger partial charge >= 0.3 is 0 Å². The van der Waals surface area contributed by atoms with Crippen molar-refractivity contribution >= 4 is 21.6 Å². The summed E-state index contributed by atoms with van der Waals surface area (Å²) in [5, 5.41) is -0.234. The standard InChI is InChI=1S/C13H16ClFN2O3S/c14-9-6-7(3-4-10(9)15)21(18,19)17-12-11(16)8-2-1-5-20-13(8)12/h3-4,6,8,11-13,17H,1-2,5,16H2. The van der Waals surface area contributed by atoms with Crippen molar-refractivity contribution in [3.05, 3.63) is 29.0 Å². The highest BCUT2D eigenvalue weighted by Crippen LogP contribution is 2.37. The third-order valence-corrected chi connectivity index (χ3v) is 5.92. The lowest BCUT2D eigenvalue weighted by Crippen LogP contribution is -2.71. The summed E-state index contributed by atoms with van der Waals surface area (Å²) >= 11 is 5.63. The highest BCUT2D eigenvalue weighted by molar-refractivity contribution is 7.89. The first-order valence-electron chi connectivity index (χ1n) is 6.75. The van der Waals surface area contributed by atoms with E-state index in [-0.39, 0.29) is 28.0 Å². The molecule has 0 amide bonds. The first-order valence-corrected chi connectivity index (χ1v) is 8.61. The molecule has 116 valence electrons. The number of benzene rings is 1. The Balaban J connectivity index is 1.78. The average molecular weight is 335 g/mol. The number of sulfonamides is 1. The Kier molecular flexibility index (Phi) is 3.96. The SMILES string of the molecule is NC1C2CCCOC2C1NS(=O)(=O)c1ccc(F)c(Cl)c1. The molecular formula is C13H16ClFN2O3S. The van der Waals surface area contributed by atoms with Crippen LogP contribution in [0.3, 0.4) is 0 Å². The Labute approximate surface area is 127 Å². The van der Waals surface area contributed by atoms with E-state index in [0.717, 1.165) is 25.0 Å². The average Bonchev–Trinajstić information content (AvgIpc) is 2.47. The van der Waals surface area contributed by atoms with Crippen LogP contribution in [0.4, 0.5) is 4.39 Å². The molecule has 4 atom stereocenters. The van der Waals surface area contributed by atoms with Gasteiger partial charge in [0.2, 0.25) is 10.0 Å². The van der Waals surface area contributed by atoms with Crippen LogP contribution in [0, 0.1) is 11.7 Å². The molecule has 0 spiro atoms. The number of ether oxygens (including phenoxy) is 1. The van der Waals surface area contributed by atoms with Crippen molar-refractivity contribution in [2.75, 3.05) is 6.61 Å². The van der Waals surface area contributed by atoms with E-state index in [4.69, 9.17) is 22.1 Å². The maximum absolute atomic E-state index is 13.1. The van der Waals surface area contributed by atoms with Crippen molar-refractivity contribution in [1.29, 1.82) is 0 Å². The van der Waals surface area contributed by atoms with E-state index in [0.29, 0.717) is 6.61 Å². The molecule has 1 aromatic rings. The molecule has 1 heterocycles. The van der Waals surface area contributed by atoms with Crippen molar-refractivity contribution in [3.8, 4) is 0 Å². The second-order valence-electron chi connectivity index (χ2n) is 5.44. The van der Waals surface area contributed by atoms with Crippen molar-refractivity contribution in [1.82, 2.24) is 4.72 Å². The molecule has 1 saturated carbocycles. The molecular weight excluding hydrogens is 319 g/mol. The van der Waals surface area contributed by atoms with E-state index in [1.165, 1.54) is 6.07 Å². The van der Waals surface area contributed by atoms with E-state index < -0.39 is 21.9 Å². The minimum atomic E-state index is -3.80. The van der Waals surface area contributed by atoms with Gasteiger partial charge in [-0.1, -0.05) is 11.6 Å². The summed E-state index contributed by atoms with van der Waals surface area (Å²) in [6, 6.07) is 2.57. The van der Waals surface area contributed by atoms with Crippen LogP contribution >= 0.6 is 11.6 Å². The largest absolute Gasteiger partial charge is 0.376 e. The highest BCUT2D eigenvalue weighted by atomic mass is 35.5. The highest BCUT2D eigenvalue weighted by Gasteiger charge is 2.51. The number of hydrogen-bond donors (Lipinski definition) is 2. The fourth-order valence-corrected chi connectivity index (χ4v) is 4.54. The van der Waals surface area contributed by atoms with Gasteiger partial charge in [-0.05, 0) is 31.0 Å². The third-order valence-electron chi connectivity index (χ3n) is 4.17. The molecule has 3 rings (SSSR count). The first kappa shape index (κ1) is 15.2. The normalized spacial score (nSPS) is 32.3. The van der Waals surface area contributed by atoms with Gasteiger partial charge in [0.25, 0.3) is 0 Å². The van der Waals surface area contributed by atoms with Gasteiger partial charge in [0.1, 0.15) is 5.82 Å². The Morgan fingerprint density at radius 2 is 2.19 bits per heavy atom. The van der Waals surface area contributed by atoms with Crippen LogP contribution in [-0.4, -0.2) is 33.2 Å². The smallest absolute Gasteiger partial charge is 0.241 e. The summed E-state index contributed by atoms with van der Waals surface area (Å²) in [5.74, 6) is -0.463. The monoisotopic (exact) mass is 334 g/mol. The number of hydrogen-bond acceptors (Lipinski definition) is 4. The summed E-state index contributed by atoms with van der Waals surface area (Å²) in [7, 11) is -3.80. The number of halogens is 2. The van der Waals surface area contributed by atoms with Crippen LogP contribution in [-0.2, 0) is 14.8 Å². The number of fused-ring (bicyclic) bond motifs is 1. The van der Waals surface area contributed by atoms with Crippen LogP contribution in [0.15, 0.2) is 23.1 Å². The van der Waals surface area contributed by atoms with E-state index in [1.54, 1.807) is 0 Å². The van der Waals surface area contributed by atoms with Gasteiger partial charge in [-0.25, -0.2) is 17.5 Å². The van der Waals surface area contributed by atoms with Crippen LogP contribution in [0.5, 0.6) is 0 Å². The lowest BCUT2D eigenvalue weighted by Gasteiger charge is -2.52. The molecule has 2 fully saturated rings. The zero-order chi connectivity index (χ0) is 15.2. The molecule has 3 N–H and O–H groups in total. The maximum Gasteiger partial charge on any atom is 0.241 e. The van der Waals surface area contributed by atoms with Crippen molar-refractivity contribution in [2.45, 2.75) is 35.9 Å². The number of nitrogens with one attached hydrogen (secondary N) is 1. The molecule has 1 aromatic carbocycles.